The Morgan fingerprint density at radius 2 is 0.767 bits per heavy atom. The Bertz CT molecular complexity index is 587. The maximum absolute atomic E-state index is 13.5. The lowest BCUT2D eigenvalue weighted by atomic mass is 10.2. The van der Waals surface area contributed by atoms with Crippen LogP contribution in [-0.2, 0) is 14.2 Å². The number of rotatable bonds is 8. The fourth-order valence-corrected chi connectivity index (χ4v) is 1.06. The average Bonchev–Trinajstić information content (AvgIpc) is 2.40. The van der Waals surface area contributed by atoms with Crippen LogP contribution in [0.5, 0.6) is 0 Å². The molecule has 30 heavy (non-hydrogen) atoms. The van der Waals surface area contributed by atoms with Crippen LogP contribution in [0.1, 0.15) is 0 Å². The van der Waals surface area contributed by atoms with Gasteiger partial charge in [0.15, 0.2) is 0 Å². The van der Waals surface area contributed by atoms with E-state index < -0.39 is 55.4 Å². The van der Waals surface area contributed by atoms with Gasteiger partial charge >= 0.3 is 48.8 Å². The lowest BCUT2D eigenvalue weighted by Gasteiger charge is -2.38. The molecule has 0 aromatic rings. The van der Waals surface area contributed by atoms with Crippen LogP contribution >= 0.6 is 0 Å². The van der Waals surface area contributed by atoms with E-state index in [1.165, 1.54) is 9.47 Å². The van der Waals surface area contributed by atoms with Crippen LogP contribution in [0.4, 0.5) is 79.0 Å². The van der Waals surface area contributed by atoms with Gasteiger partial charge in [-0.05, 0) is 0 Å². The van der Waals surface area contributed by atoms with Crippen LogP contribution in [-0.4, -0.2) is 55.4 Å². The van der Waals surface area contributed by atoms with Gasteiger partial charge in [0.05, 0.1) is 0 Å². The van der Waals surface area contributed by atoms with Gasteiger partial charge in [-0.25, -0.2) is 4.74 Å². The van der Waals surface area contributed by atoms with Crippen molar-refractivity contribution in [3.8, 4) is 0 Å². The molecule has 1 atom stereocenters. The topological polar surface area (TPSA) is 27.7 Å². The minimum absolute atomic E-state index is 1.27. The molecule has 0 bridgehead atoms. The summed E-state index contributed by atoms with van der Waals surface area (Å²) >= 11 is 0. The van der Waals surface area contributed by atoms with Crippen LogP contribution in [0, 0.1) is 0 Å². The maximum atomic E-state index is 13.5. The van der Waals surface area contributed by atoms with E-state index in [1.54, 1.807) is 0 Å². The van der Waals surface area contributed by atoms with E-state index in [-0.39, 0.29) is 0 Å². The van der Waals surface area contributed by atoms with Crippen molar-refractivity contribution >= 4 is 0 Å². The largest absolute Gasteiger partial charge is 0.483 e. The normalized spacial score (nSPS) is 17.8. The predicted octanol–water partition coefficient (Wildman–Crippen LogP) is 5.76. The zero-order valence-corrected chi connectivity index (χ0v) is 12.7. The second-order valence-corrected chi connectivity index (χ2v) is 4.77. The highest BCUT2D eigenvalue weighted by atomic mass is 19.4. The minimum Gasteiger partial charge on any atom is -0.306 e. The van der Waals surface area contributed by atoms with Crippen LogP contribution in [0.3, 0.4) is 0 Å². The second kappa shape index (κ2) is 7.64. The summed E-state index contributed by atoms with van der Waals surface area (Å²) in [4.78, 5) is 0. The van der Waals surface area contributed by atoms with Crippen LogP contribution < -0.4 is 0 Å². The van der Waals surface area contributed by atoms with Crippen molar-refractivity contribution in [2.45, 2.75) is 48.8 Å². The molecule has 0 rings (SSSR count). The fourth-order valence-electron chi connectivity index (χ4n) is 1.06. The molecule has 0 radical (unpaired) electrons. The molecule has 182 valence electrons. The standard InChI is InChI=1S/C9H2F18O3/c10-2(11,12)1-28-6(20,21)3(13,4(14,15)16)29-8(24,25)9(26,27)30-7(22,23)5(17,18)19/h1H2. The SMILES string of the molecule is FC(F)(F)COC(F)(F)C(F)(OC(F)(F)C(F)(F)OC(F)(F)C(F)(F)F)C(F)(F)F. The summed E-state index contributed by atoms with van der Waals surface area (Å²) in [6, 6.07) is 0. The van der Waals surface area contributed by atoms with E-state index in [2.05, 4.69) is 4.74 Å². The van der Waals surface area contributed by atoms with Crippen molar-refractivity contribution in [1.29, 1.82) is 0 Å². The molecule has 0 aliphatic heterocycles. The van der Waals surface area contributed by atoms with Crippen LogP contribution in [0.15, 0.2) is 0 Å². The molecule has 0 N–H and O–H groups in total. The molecule has 3 nitrogen and oxygen atoms in total. The van der Waals surface area contributed by atoms with Crippen molar-refractivity contribution < 1.29 is 93.2 Å². The molecule has 0 aromatic heterocycles. The monoisotopic (exact) mass is 500 g/mol. The summed E-state index contributed by atoms with van der Waals surface area (Å²) < 4.78 is 228. The van der Waals surface area contributed by atoms with Crippen molar-refractivity contribution in [2.75, 3.05) is 6.61 Å². The van der Waals surface area contributed by atoms with Crippen molar-refractivity contribution in [3.05, 3.63) is 0 Å². The third-order valence-corrected chi connectivity index (χ3v) is 2.35. The van der Waals surface area contributed by atoms with E-state index in [4.69, 9.17) is 0 Å². The lowest BCUT2D eigenvalue weighted by Crippen LogP contribution is -2.64. The van der Waals surface area contributed by atoms with Gasteiger partial charge in [-0.3, -0.25) is 4.74 Å². The molecule has 0 saturated heterocycles. The molecular weight excluding hydrogens is 498 g/mol. The summed E-state index contributed by atoms with van der Waals surface area (Å²) in [5.41, 5.74) is 0. The zero-order chi connectivity index (χ0) is 24.8. The van der Waals surface area contributed by atoms with Crippen LogP contribution in [0.25, 0.3) is 0 Å². The summed E-state index contributed by atoms with van der Waals surface area (Å²) in [7, 11) is 0. The van der Waals surface area contributed by atoms with Gasteiger partial charge in [-0.1, -0.05) is 0 Å². The Labute approximate surface area is 150 Å². The maximum Gasteiger partial charge on any atom is 0.483 e. The molecule has 0 saturated carbocycles. The smallest absolute Gasteiger partial charge is 0.306 e. The van der Waals surface area contributed by atoms with Gasteiger partial charge < -0.3 is 4.74 Å². The van der Waals surface area contributed by atoms with E-state index in [9.17, 15) is 79.0 Å². The number of alkyl halides is 18. The Balaban J connectivity index is 6.12. The molecule has 0 aliphatic rings. The van der Waals surface area contributed by atoms with E-state index in [1.807, 2.05) is 0 Å². The third-order valence-electron chi connectivity index (χ3n) is 2.35. The summed E-state index contributed by atoms with van der Waals surface area (Å²) in [5.74, 6) is -7.64. The predicted molar refractivity (Wildman–Crippen MR) is 49.9 cm³/mol. The molecule has 21 heteroatoms. The van der Waals surface area contributed by atoms with Gasteiger partial charge in [0.1, 0.15) is 6.61 Å². The minimum atomic E-state index is -7.73. The highest BCUT2D eigenvalue weighted by Gasteiger charge is 2.81. The zero-order valence-electron chi connectivity index (χ0n) is 12.7. The van der Waals surface area contributed by atoms with E-state index >= 15 is 0 Å². The van der Waals surface area contributed by atoms with E-state index in [0.29, 0.717) is 0 Å². The van der Waals surface area contributed by atoms with Gasteiger partial charge in [0, 0.05) is 0 Å². The first kappa shape index (κ1) is 28.6. The number of hydrogen-bond acceptors (Lipinski definition) is 3. The average molecular weight is 500 g/mol. The molecule has 0 spiro atoms. The molecule has 0 aromatic carbocycles. The number of hydrogen-bond donors (Lipinski definition) is 0. The Kier molecular flexibility index (Phi) is 7.29. The quantitative estimate of drug-likeness (QED) is 0.397. The molecular formula is C9H2F18O3. The van der Waals surface area contributed by atoms with Crippen LogP contribution in [0.2, 0.25) is 0 Å². The van der Waals surface area contributed by atoms with Gasteiger partial charge in [0.25, 0.3) is 0 Å². The Morgan fingerprint density at radius 3 is 1.07 bits per heavy atom. The van der Waals surface area contributed by atoms with E-state index in [0.717, 1.165) is 0 Å². The van der Waals surface area contributed by atoms with Gasteiger partial charge in [-0.2, -0.15) is 79.0 Å². The summed E-state index contributed by atoms with van der Waals surface area (Å²) in [6.07, 6.45) is -50.7. The first-order chi connectivity index (χ1) is 12.6. The molecule has 0 aliphatic carbocycles. The highest BCUT2D eigenvalue weighted by molar-refractivity contribution is 4.90. The lowest BCUT2D eigenvalue weighted by molar-refractivity contribution is -0.564. The molecule has 0 heterocycles. The first-order valence-corrected chi connectivity index (χ1v) is 6.06. The molecule has 1 unspecified atom stereocenters. The van der Waals surface area contributed by atoms with Gasteiger partial charge in [0.2, 0.25) is 0 Å². The third kappa shape index (κ3) is 6.08. The Hall–Kier alpha value is -1.38. The van der Waals surface area contributed by atoms with Crippen molar-refractivity contribution in [1.82, 2.24) is 0 Å². The summed E-state index contributed by atoms with van der Waals surface area (Å²) in [5, 5.41) is 0. The van der Waals surface area contributed by atoms with Crippen molar-refractivity contribution in [2.24, 2.45) is 0 Å². The van der Waals surface area contributed by atoms with Crippen molar-refractivity contribution in [3.63, 3.8) is 0 Å². The highest BCUT2D eigenvalue weighted by Crippen LogP contribution is 2.53. The molecule has 0 amide bonds. The number of halogens is 18. The fraction of sp³-hybridized carbons (Fsp3) is 1.00. The number of ether oxygens (including phenoxy) is 3. The second-order valence-electron chi connectivity index (χ2n) is 4.77. The summed E-state index contributed by atoms with van der Waals surface area (Å²) in [6.45, 7) is -3.52. The van der Waals surface area contributed by atoms with Gasteiger partial charge in [-0.15, -0.1) is 0 Å². The molecule has 0 fully saturated rings. The first-order valence-electron chi connectivity index (χ1n) is 6.06. The Morgan fingerprint density at radius 1 is 0.400 bits per heavy atom.